The molecule has 1 N–H and O–H groups in total. The number of aryl methyl sites for hydroxylation is 2. The number of hydrogen-bond donors (Lipinski definition) is 1. The quantitative estimate of drug-likeness (QED) is 0.706. The second kappa shape index (κ2) is 3.88. The maximum absolute atomic E-state index is 9.98. The summed E-state index contributed by atoms with van der Waals surface area (Å²) < 4.78 is 2.00. The van der Waals surface area contributed by atoms with E-state index in [1.807, 2.05) is 54.9 Å². The van der Waals surface area contributed by atoms with Gasteiger partial charge in [0.05, 0.1) is 16.6 Å². The molecule has 0 aliphatic rings. The lowest BCUT2D eigenvalue weighted by molar-refractivity contribution is 0.476. The van der Waals surface area contributed by atoms with E-state index in [0.29, 0.717) is 0 Å². The Morgan fingerprint density at radius 2 is 1.89 bits per heavy atom. The molecule has 3 nitrogen and oxygen atoms in total. The number of rotatable bonds is 1. The summed E-state index contributed by atoms with van der Waals surface area (Å²) in [5.74, 6) is 1.05. The van der Waals surface area contributed by atoms with Gasteiger partial charge in [-0.05, 0) is 31.2 Å². The standard InChI is InChI=1S/C15H14N2O/c1-10-7-8-14(18)11(9-10)15-16-12-5-3-4-6-13(12)17(15)2/h3-9,18H,1-2H3. The topological polar surface area (TPSA) is 38.1 Å². The molecule has 0 amide bonds. The molecule has 0 spiro atoms. The van der Waals surface area contributed by atoms with Crippen LogP contribution in [-0.2, 0) is 7.05 Å². The van der Waals surface area contributed by atoms with E-state index in [2.05, 4.69) is 4.98 Å². The maximum Gasteiger partial charge on any atom is 0.144 e. The summed E-state index contributed by atoms with van der Waals surface area (Å²) in [5, 5.41) is 9.98. The first-order chi connectivity index (χ1) is 8.66. The number of phenolic OH excluding ortho intramolecular Hbond substituents is 1. The summed E-state index contributed by atoms with van der Waals surface area (Å²) in [7, 11) is 1.96. The second-order valence-corrected chi connectivity index (χ2v) is 4.50. The Morgan fingerprint density at radius 1 is 1.11 bits per heavy atom. The first kappa shape index (κ1) is 10.8. The van der Waals surface area contributed by atoms with Crippen molar-refractivity contribution in [3.8, 4) is 17.1 Å². The highest BCUT2D eigenvalue weighted by molar-refractivity contribution is 5.81. The minimum absolute atomic E-state index is 0.263. The van der Waals surface area contributed by atoms with Crippen LogP contribution in [-0.4, -0.2) is 14.7 Å². The summed E-state index contributed by atoms with van der Waals surface area (Å²) in [4.78, 5) is 4.59. The molecule has 0 unspecified atom stereocenters. The molecule has 1 heterocycles. The Kier molecular flexibility index (Phi) is 2.33. The zero-order chi connectivity index (χ0) is 12.7. The highest BCUT2D eigenvalue weighted by Crippen LogP contribution is 2.31. The summed E-state index contributed by atoms with van der Waals surface area (Å²) in [6.07, 6.45) is 0. The molecule has 0 bridgehead atoms. The van der Waals surface area contributed by atoms with E-state index in [4.69, 9.17) is 0 Å². The van der Waals surface area contributed by atoms with Crippen LogP contribution < -0.4 is 0 Å². The summed E-state index contributed by atoms with van der Waals surface area (Å²) in [6, 6.07) is 13.5. The average molecular weight is 238 g/mol. The Bertz CT molecular complexity index is 728. The molecular weight excluding hydrogens is 224 g/mol. The molecule has 18 heavy (non-hydrogen) atoms. The molecule has 0 aliphatic carbocycles. The minimum atomic E-state index is 0.263. The Hall–Kier alpha value is -2.29. The van der Waals surface area contributed by atoms with Gasteiger partial charge in [0.1, 0.15) is 11.6 Å². The van der Waals surface area contributed by atoms with Crippen LogP contribution in [0.15, 0.2) is 42.5 Å². The number of imidazole rings is 1. The van der Waals surface area contributed by atoms with E-state index >= 15 is 0 Å². The van der Waals surface area contributed by atoms with Gasteiger partial charge in [-0.2, -0.15) is 0 Å². The predicted octanol–water partition coefficient (Wildman–Crippen LogP) is 3.25. The zero-order valence-electron chi connectivity index (χ0n) is 10.4. The van der Waals surface area contributed by atoms with Crippen molar-refractivity contribution in [2.45, 2.75) is 6.92 Å². The van der Waals surface area contributed by atoms with Crippen molar-refractivity contribution in [1.82, 2.24) is 9.55 Å². The van der Waals surface area contributed by atoms with Gasteiger partial charge in [0.2, 0.25) is 0 Å². The van der Waals surface area contributed by atoms with Gasteiger partial charge in [0, 0.05) is 7.05 Å². The molecule has 3 aromatic rings. The van der Waals surface area contributed by atoms with Crippen molar-refractivity contribution >= 4 is 11.0 Å². The van der Waals surface area contributed by atoms with Crippen molar-refractivity contribution < 1.29 is 5.11 Å². The van der Waals surface area contributed by atoms with E-state index in [1.54, 1.807) is 6.07 Å². The van der Waals surface area contributed by atoms with Crippen LogP contribution in [0.4, 0.5) is 0 Å². The number of phenols is 1. The lowest BCUT2D eigenvalue weighted by Gasteiger charge is -2.06. The third kappa shape index (κ3) is 1.56. The normalized spacial score (nSPS) is 11.0. The van der Waals surface area contributed by atoms with E-state index in [0.717, 1.165) is 28.0 Å². The molecule has 0 saturated carbocycles. The molecule has 2 aromatic carbocycles. The summed E-state index contributed by atoms with van der Waals surface area (Å²) in [5.41, 5.74) is 3.88. The SMILES string of the molecule is Cc1ccc(O)c(-c2nc3ccccc3n2C)c1. The number of fused-ring (bicyclic) bond motifs is 1. The van der Waals surface area contributed by atoms with Crippen LogP contribution in [0, 0.1) is 6.92 Å². The fourth-order valence-corrected chi connectivity index (χ4v) is 2.22. The maximum atomic E-state index is 9.98. The molecule has 0 atom stereocenters. The van der Waals surface area contributed by atoms with Gasteiger partial charge in [-0.25, -0.2) is 4.98 Å². The van der Waals surface area contributed by atoms with Crippen LogP contribution in [0.3, 0.4) is 0 Å². The Morgan fingerprint density at radius 3 is 2.67 bits per heavy atom. The molecule has 0 aliphatic heterocycles. The van der Waals surface area contributed by atoms with Gasteiger partial charge in [-0.15, -0.1) is 0 Å². The molecular formula is C15H14N2O. The predicted molar refractivity (Wildman–Crippen MR) is 72.6 cm³/mol. The zero-order valence-corrected chi connectivity index (χ0v) is 10.4. The van der Waals surface area contributed by atoms with Gasteiger partial charge in [-0.1, -0.05) is 23.8 Å². The molecule has 0 radical (unpaired) electrons. The van der Waals surface area contributed by atoms with Gasteiger partial charge in [0.15, 0.2) is 0 Å². The van der Waals surface area contributed by atoms with E-state index in [9.17, 15) is 5.11 Å². The van der Waals surface area contributed by atoms with E-state index < -0.39 is 0 Å². The van der Waals surface area contributed by atoms with Crippen molar-refractivity contribution in [1.29, 1.82) is 0 Å². The number of nitrogens with zero attached hydrogens (tertiary/aromatic N) is 2. The smallest absolute Gasteiger partial charge is 0.144 e. The van der Waals surface area contributed by atoms with Gasteiger partial charge in [-0.3, -0.25) is 0 Å². The molecule has 0 saturated heterocycles. The highest BCUT2D eigenvalue weighted by Gasteiger charge is 2.12. The first-order valence-corrected chi connectivity index (χ1v) is 5.88. The average Bonchev–Trinajstić information content (AvgIpc) is 2.71. The van der Waals surface area contributed by atoms with Gasteiger partial charge < -0.3 is 9.67 Å². The van der Waals surface area contributed by atoms with Crippen LogP contribution >= 0.6 is 0 Å². The third-order valence-corrected chi connectivity index (χ3v) is 3.18. The lowest BCUT2D eigenvalue weighted by atomic mass is 10.1. The Balaban J connectivity index is 2.31. The van der Waals surface area contributed by atoms with Crippen molar-refractivity contribution in [3.05, 3.63) is 48.0 Å². The summed E-state index contributed by atoms with van der Waals surface area (Å²) in [6.45, 7) is 2.01. The highest BCUT2D eigenvalue weighted by atomic mass is 16.3. The number of hydrogen-bond acceptors (Lipinski definition) is 2. The fourth-order valence-electron chi connectivity index (χ4n) is 2.22. The number of aromatic nitrogens is 2. The monoisotopic (exact) mass is 238 g/mol. The number of benzene rings is 2. The van der Waals surface area contributed by atoms with Crippen LogP contribution in [0.5, 0.6) is 5.75 Å². The Labute approximate surface area is 105 Å². The van der Waals surface area contributed by atoms with Gasteiger partial charge >= 0.3 is 0 Å². The van der Waals surface area contributed by atoms with Gasteiger partial charge in [0.25, 0.3) is 0 Å². The second-order valence-electron chi connectivity index (χ2n) is 4.50. The molecule has 3 rings (SSSR count). The van der Waals surface area contributed by atoms with Crippen LogP contribution in [0.25, 0.3) is 22.4 Å². The fraction of sp³-hybridized carbons (Fsp3) is 0.133. The minimum Gasteiger partial charge on any atom is -0.507 e. The van der Waals surface area contributed by atoms with Crippen molar-refractivity contribution in [2.24, 2.45) is 7.05 Å². The summed E-state index contributed by atoms with van der Waals surface area (Å²) >= 11 is 0. The molecule has 90 valence electrons. The molecule has 1 aromatic heterocycles. The lowest BCUT2D eigenvalue weighted by Crippen LogP contribution is -1.93. The van der Waals surface area contributed by atoms with E-state index in [1.165, 1.54) is 0 Å². The van der Waals surface area contributed by atoms with Crippen LogP contribution in [0.1, 0.15) is 5.56 Å². The van der Waals surface area contributed by atoms with Crippen molar-refractivity contribution in [2.75, 3.05) is 0 Å². The molecule has 0 fully saturated rings. The molecule has 3 heteroatoms. The third-order valence-electron chi connectivity index (χ3n) is 3.18. The van der Waals surface area contributed by atoms with E-state index in [-0.39, 0.29) is 5.75 Å². The largest absolute Gasteiger partial charge is 0.507 e. The number of aromatic hydroxyl groups is 1. The first-order valence-electron chi connectivity index (χ1n) is 5.88. The number of para-hydroxylation sites is 2. The van der Waals surface area contributed by atoms with Crippen molar-refractivity contribution in [3.63, 3.8) is 0 Å². The van der Waals surface area contributed by atoms with Crippen LogP contribution in [0.2, 0.25) is 0 Å².